The lowest BCUT2D eigenvalue weighted by atomic mass is 10.1. The first-order chi connectivity index (χ1) is 11.7. The molecule has 2 N–H and O–H groups in total. The van der Waals surface area contributed by atoms with Crippen molar-refractivity contribution in [3.63, 3.8) is 0 Å². The second kappa shape index (κ2) is 7.53. The van der Waals surface area contributed by atoms with E-state index in [1.54, 1.807) is 0 Å². The highest BCUT2D eigenvalue weighted by Gasteiger charge is 2.20. The molecule has 3 rings (SSSR count). The van der Waals surface area contributed by atoms with Crippen LogP contribution in [0.4, 0.5) is 11.4 Å². The average molecular weight is 340 g/mol. The monoisotopic (exact) mass is 340 g/mol. The van der Waals surface area contributed by atoms with E-state index in [4.69, 9.17) is 0 Å². The molecule has 0 aliphatic carbocycles. The maximum Gasteiger partial charge on any atom is 0.241 e. The molecule has 0 unspecified atom stereocenters. The van der Waals surface area contributed by atoms with Gasteiger partial charge in [0.25, 0.3) is 0 Å². The lowest BCUT2D eigenvalue weighted by Crippen LogP contribution is -2.19. The fraction of sp³-hybridized carbons (Fsp3) is 0.263. The van der Waals surface area contributed by atoms with Crippen LogP contribution in [0.2, 0.25) is 0 Å². The smallest absolute Gasteiger partial charge is 0.241 e. The van der Waals surface area contributed by atoms with Gasteiger partial charge in [-0.25, -0.2) is 0 Å². The van der Waals surface area contributed by atoms with Gasteiger partial charge in [0.05, 0.1) is 0 Å². The van der Waals surface area contributed by atoms with Crippen molar-refractivity contribution in [2.75, 3.05) is 16.9 Å². The van der Waals surface area contributed by atoms with Gasteiger partial charge in [-0.3, -0.25) is 9.59 Å². The highest BCUT2D eigenvalue weighted by molar-refractivity contribution is 7.99. The third-order valence-corrected chi connectivity index (χ3v) is 5.03. The normalized spacial score (nSPS) is 15.0. The maximum absolute atomic E-state index is 12.6. The largest absolute Gasteiger partial charge is 0.326 e. The van der Waals surface area contributed by atoms with Gasteiger partial charge >= 0.3 is 0 Å². The van der Waals surface area contributed by atoms with Crippen LogP contribution in [0.5, 0.6) is 0 Å². The van der Waals surface area contributed by atoms with E-state index in [-0.39, 0.29) is 17.1 Å². The maximum atomic E-state index is 12.6. The minimum absolute atomic E-state index is 0.0358. The molecule has 2 amide bonds. The molecule has 0 aromatic heterocycles. The summed E-state index contributed by atoms with van der Waals surface area (Å²) < 4.78 is 0. The first-order valence-corrected chi connectivity index (χ1v) is 9.27. The molecular weight excluding hydrogens is 320 g/mol. The van der Waals surface area contributed by atoms with Crippen molar-refractivity contribution in [2.24, 2.45) is 0 Å². The molecule has 2 aromatic carbocycles. The fourth-order valence-electron chi connectivity index (χ4n) is 2.88. The van der Waals surface area contributed by atoms with Crippen LogP contribution in [-0.4, -0.2) is 18.1 Å². The summed E-state index contributed by atoms with van der Waals surface area (Å²) in [5.74, 6) is 0.0170. The summed E-state index contributed by atoms with van der Waals surface area (Å²) in [6.45, 7) is 0. The Morgan fingerprint density at radius 1 is 1.17 bits per heavy atom. The van der Waals surface area contributed by atoms with Crippen LogP contribution in [0.1, 0.15) is 29.2 Å². The summed E-state index contributed by atoms with van der Waals surface area (Å²) >= 11 is 1.51. The molecule has 1 atom stereocenters. The highest BCUT2D eigenvalue weighted by Crippen LogP contribution is 2.30. The van der Waals surface area contributed by atoms with Crippen LogP contribution in [0.3, 0.4) is 0 Å². The van der Waals surface area contributed by atoms with Crippen molar-refractivity contribution in [2.45, 2.75) is 24.5 Å². The van der Waals surface area contributed by atoms with Crippen LogP contribution in [-0.2, 0) is 16.0 Å². The summed E-state index contributed by atoms with van der Waals surface area (Å²) in [4.78, 5) is 24.2. The molecule has 1 heterocycles. The number of hydrogen-bond donors (Lipinski definition) is 2. The average Bonchev–Trinajstić information content (AvgIpc) is 2.77. The van der Waals surface area contributed by atoms with E-state index in [2.05, 4.69) is 10.6 Å². The predicted molar refractivity (Wildman–Crippen MR) is 99.3 cm³/mol. The Bertz CT molecular complexity index is 746. The number of benzene rings is 2. The summed E-state index contributed by atoms with van der Waals surface area (Å²) in [7, 11) is 0. The zero-order valence-corrected chi connectivity index (χ0v) is 14.4. The Morgan fingerprint density at radius 3 is 2.71 bits per heavy atom. The van der Waals surface area contributed by atoms with Crippen LogP contribution >= 0.6 is 11.8 Å². The van der Waals surface area contributed by atoms with Crippen molar-refractivity contribution in [1.29, 1.82) is 0 Å². The van der Waals surface area contributed by atoms with E-state index >= 15 is 0 Å². The van der Waals surface area contributed by atoms with E-state index < -0.39 is 0 Å². The summed E-state index contributed by atoms with van der Waals surface area (Å²) in [6, 6.07) is 15.4. The molecule has 1 aliphatic heterocycles. The molecule has 0 fully saturated rings. The topological polar surface area (TPSA) is 58.2 Å². The molecule has 4 nitrogen and oxygen atoms in total. The van der Waals surface area contributed by atoms with E-state index in [1.165, 1.54) is 11.8 Å². The Morgan fingerprint density at radius 2 is 1.96 bits per heavy atom. The molecule has 24 heavy (non-hydrogen) atoms. The van der Waals surface area contributed by atoms with Gasteiger partial charge in [0, 0.05) is 17.8 Å². The van der Waals surface area contributed by atoms with Gasteiger partial charge in [-0.2, -0.15) is 0 Å². The number of carbonyl (C=O) groups excluding carboxylic acids is 2. The summed E-state index contributed by atoms with van der Waals surface area (Å²) in [5.41, 5.74) is 3.67. The lowest BCUT2D eigenvalue weighted by molar-refractivity contribution is -0.116. The predicted octanol–water partition coefficient (Wildman–Crippen LogP) is 4.00. The minimum atomic E-state index is -0.246. The van der Waals surface area contributed by atoms with Crippen molar-refractivity contribution in [3.8, 4) is 0 Å². The van der Waals surface area contributed by atoms with Crippen LogP contribution in [0.15, 0.2) is 48.5 Å². The van der Waals surface area contributed by atoms with Gasteiger partial charge in [-0.1, -0.05) is 30.3 Å². The number of nitrogens with one attached hydrogen (secondary N) is 2. The zero-order chi connectivity index (χ0) is 16.9. The third-order valence-electron chi connectivity index (χ3n) is 4.07. The van der Waals surface area contributed by atoms with Crippen LogP contribution < -0.4 is 10.6 Å². The van der Waals surface area contributed by atoms with E-state index in [0.29, 0.717) is 6.42 Å². The molecule has 0 spiro atoms. The summed E-state index contributed by atoms with van der Waals surface area (Å²) in [5, 5.41) is 5.66. The standard InChI is InChI=1S/C19H20N2O2S/c1-24-18(13-6-3-2-4-7-13)19(23)20-15-10-11-16-14(12-15)8-5-9-17(22)21-16/h2-4,6-7,10-12,18H,5,8-9H2,1H3,(H,20,23)(H,21,22)/t18-/m1/s1. The molecule has 0 radical (unpaired) electrons. The lowest BCUT2D eigenvalue weighted by Gasteiger charge is -2.16. The highest BCUT2D eigenvalue weighted by atomic mass is 32.2. The Labute approximate surface area is 146 Å². The number of anilines is 2. The molecular formula is C19H20N2O2S. The fourth-order valence-corrected chi connectivity index (χ4v) is 3.58. The second-order valence-electron chi connectivity index (χ2n) is 5.79. The molecule has 124 valence electrons. The number of rotatable bonds is 4. The van der Waals surface area contributed by atoms with E-state index in [9.17, 15) is 9.59 Å². The Balaban J connectivity index is 1.77. The van der Waals surface area contributed by atoms with Gasteiger partial charge in [0.1, 0.15) is 5.25 Å². The number of aryl methyl sites for hydroxylation is 1. The first kappa shape index (κ1) is 16.6. The van der Waals surface area contributed by atoms with Gasteiger partial charge in [0.15, 0.2) is 0 Å². The van der Waals surface area contributed by atoms with Gasteiger partial charge < -0.3 is 10.6 Å². The van der Waals surface area contributed by atoms with Gasteiger partial charge in [0.2, 0.25) is 11.8 Å². The quantitative estimate of drug-likeness (QED) is 0.884. The first-order valence-electron chi connectivity index (χ1n) is 7.99. The Hall–Kier alpha value is -2.27. The second-order valence-corrected chi connectivity index (χ2v) is 6.73. The molecule has 0 saturated carbocycles. The number of thioether (sulfide) groups is 1. The Kier molecular flexibility index (Phi) is 5.20. The third kappa shape index (κ3) is 3.79. The molecule has 2 aromatic rings. The SMILES string of the molecule is CS[C@@H](C(=O)Nc1ccc2c(c1)CCCC(=O)N2)c1ccccc1. The molecule has 0 bridgehead atoms. The molecule has 0 saturated heterocycles. The van der Waals surface area contributed by atoms with Crippen LogP contribution in [0, 0.1) is 0 Å². The molecule has 5 heteroatoms. The van der Waals surface area contributed by atoms with E-state index in [1.807, 2.05) is 54.8 Å². The number of fused-ring (bicyclic) bond motifs is 1. The number of hydrogen-bond acceptors (Lipinski definition) is 3. The van der Waals surface area contributed by atoms with Crippen molar-refractivity contribution in [3.05, 3.63) is 59.7 Å². The van der Waals surface area contributed by atoms with E-state index in [0.717, 1.165) is 35.3 Å². The number of carbonyl (C=O) groups is 2. The minimum Gasteiger partial charge on any atom is -0.326 e. The van der Waals surface area contributed by atoms with Crippen LogP contribution in [0.25, 0.3) is 0 Å². The zero-order valence-electron chi connectivity index (χ0n) is 13.5. The van der Waals surface area contributed by atoms with Gasteiger partial charge in [-0.05, 0) is 48.4 Å². The van der Waals surface area contributed by atoms with Gasteiger partial charge in [-0.15, -0.1) is 11.8 Å². The van der Waals surface area contributed by atoms with Crippen molar-refractivity contribution in [1.82, 2.24) is 0 Å². The molecule has 1 aliphatic rings. The van der Waals surface area contributed by atoms with Crippen molar-refractivity contribution < 1.29 is 9.59 Å². The number of amides is 2. The summed E-state index contributed by atoms with van der Waals surface area (Å²) in [6.07, 6.45) is 4.14. The van der Waals surface area contributed by atoms with Crippen molar-refractivity contribution >= 4 is 35.0 Å².